The van der Waals surface area contributed by atoms with E-state index >= 15 is 0 Å². The van der Waals surface area contributed by atoms with Crippen LogP contribution in [-0.4, -0.2) is 22.7 Å². The standard InChI is InChI=1S/C16H34N6.2ClH/c1-13(2,3)9-15(7,11(17)18)21-22-16(8,12(19)20)10-14(4,5)6;;/h9-10H2,1-8H3,(H3,17,18)(H3,19,20);2*1H/b22-21+;;. The number of azo groups is 1. The molecule has 0 saturated carbocycles. The minimum Gasteiger partial charge on any atom is -0.386 e. The summed E-state index contributed by atoms with van der Waals surface area (Å²) in [5, 5.41) is 24.5. The largest absolute Gasteiger partial charge is 0.386 e. The number of amidine groups is 2. The van der Waals surface area contributed by atoms with E-state index in [-0.39, 0.29) is 47.3 Å². The van der Waals surface area contributed by atoms with Crippen molar-refractivity contribution in [1.82, 2.24) is 0 Å². The van der Waals surface area contributed by atoms with Crippen LogP contribution in [0.25, 0.3) is 0 Å². The van der Waals surface area contributed by atoms with E-state index in [2.05, 4.69) is 51.8 Å². The van der Waals surface area contributed by atoms with Crippen LogP contribution in [0.15, 0.2) is 10.2 Å². The lowest BCUT2D eigenvalue weighted by molar-refractivity contribution is 0.286. The molecule has 0 heterocycles. The fourth-order valence-corrected chi connectivity index (χ4v) is 2.65. The molecular formula is C16H36Cl2N6. The second-order valence-electron chi connectivity index (χ2n) is 9.05. The molecule has 0 aliphatic rings. The number of nitrogens with zero attached hydrogens (tertiary/aromatic N) is 2. The van der Waals surface area contributed by atoms with Crippen molar-refractivity contribution < 1.29 is 0 Å². The zero-order chi connectivity index (χ0) is 18.0. The molecule has 8 heteroatoms. The summed E-state index contributed by atoms with van der Waals surface area (Å²) in [6.07, 6.45) is 1.20. The van der Waals surface area contributed by atoms with E-state index in [1.807, 2.05) is 13.8 Å². The van der Waals surface area contributed by atoms with Crippen LogP contribution in [0.5, 0.6) is 0 Å². The summed E-state index contributed by atoms with van der Waals surface area (Å²) in [7, 11) is 0. The van der Waals surface area contributed by atoms with Gasteiger partial charge in [-0.2, -0.15) is 10.2 Å². The van der Waals surface area contributed by atoms with Gasteiger partial charge in [0.15, 0.2) is 0 Å². The molecule has 0 bridgehead atoms. The van der Waals surface area contributed by atoms with Gasteiger partial charge in [-0.1, -0.05) is 41.5 Å². The zero-order valence-electron chi connectivity index (χ0n) is 16.3. The van der Waals surface area contributed by atoms with Crippen molar-refractivity contribution in [2.75, 3.05) is 0 Å². The average molecular weight is 383 g/mol. The highest BCUT2D eigenvalue weighted by Crippen LogP contribution is 2.34. The van der Waals surface area contributed by atoms with Crippen molar-refractivity contribution in [3.05, 3.63) is 0 Å². The number of nitrogens with two attached hydrogens (primary N) is 2. The van der Waals surface area contributed by atoms with Crippen molar-refractivity contribution in [2.45, 2.75) is 79.3 Å². The topological polar surface area (TPSA) is 124 Å². The van der Waals surface area contributed by atoms with Crippen molar-refractivity contribution in [3.63, 3.8) is 0 Å². The SMILES string of the molecule is CC(C)(C)CC(C)(/N=N/C(C)(CC(C)(C)C)C(=N)N)C(=N)N.Cl.Cl. The monoisotopic (exact) mass is 382 g/mol. The maximum Gasteiger partial charge on any atom is 0.135 e. The lowest BCUT2D eigenvalue weighted by atomic mass is 9.80. The van der Waals surface area contributed by atoms with E-state index in [1.165, 1.54) is 0 Å². The van der Waals surface area contributed by atoms with Gasteiger partial charge in [-0.15, -0.1) is 24.8 Å². The highest BCUT2D eigenvalue weighted by atomic mass is 35.5. The third kappa shape index (κ3) is 9.42. The van der Waals surface area contributed by atoms with Crippen LogP contribution in [0.4, 0.5) is 0 Å². The Morgan fingerprint density at radius 2 is 0.875 bits per heavy atom. The number of hydrogen-bond acceptors (Lipinski definition) is 4. The van der Waals surface area contributed by atoms with E-state index in [1.54, 1.807) is 0 Å². The van der Waals surface area contributed by atoms with Crippen LogP contribution in [0.2, 0.25) is 0 Å². The molecule has 0 amide bonds. The molecule has 0 radical (unpaired) electrons. The fourth-order valence-electron chi connectivity index (χ4n) is 2.65. The summed E-state index contributed by atoms with van der Waals surface area (Å²) in [5.74, 6) is -0.0410. The Morgan fingerprint density at radius 1 is 0.667 bits per heavy atom. The first-order valence-electron chi connectivity index (χ1n) is 7.64. The van der Waals surface area contributed by atoms with Gasteiger partial charge in [-0.3, -0.25) is 10.8 Å². The minimum atomic E-state index is -0.882. The molecular weight excluding hydrogens is 347 g/mol. The highest BCUT2D eigenvalue weighted by Gasteiger charge is 2.37. The molecule has 144 valence electrons. The summed E-state index contributed by atoms with van der Waals surface area (Å²) in [5.41, 5.74) is 9.66. The predicted octanol–water partition coefficient (Wildman–Crippen LogP) is 4.54. The van der Waals surface area contributed by atoms with E-state index in [4.69, 9.17) is 22.3 Å². The van der Waals surface area contributed by atoms with Crippen LogP contribution >= 0.6 is 24.8 Å². The van der Waals surface area contributed by atoms with E-state index in [9.17, 15) is 0 Å². The van der Waals surface area contributed by atoms with Crippen LogP contribution in [-0.2, 0) is 0 Å². The van der Waals surface area contributed by atoms with Crippen LogP contribution < -0.4 is 11.5 Å². The quantitative estimate of drug-likeness (QED) is 0.305. The van der Waals surface area contributed by atoms with Gasteiger partial charge in [0.2, 0.25) is 0 Å². The Labute approximate surface area is 159 Å². The third-order valence-electron chi connectivity index (χ3n) is 3.40. The molecule has 2 unspecified atom stereocenters. The molecule has 0 aromatic heterocycles. The highest BCUT2D eigenvalue weighted by molar-refractivity contribution is 5.88. The summed E-state index contributed by atoms with van der Waals surface area (Å²) < 4.78 is 0. The summed E-state index contributed by atoms with van der Waals surface area (Å²) >= 11 is 0. The van der Waals surface area contributed by atoms with Crippen molar-refractivity contribution in [1.29, 1.82) is 10.8 Å². The molecule has 0 aromatic carbocycles. The smallest absolute Gasteiger partial charge is 0.135 e. The maximum absolute atomic E-state index is 7.86. The third-order valence-corrected chi connectivity index (χ3v) is 3.40. The van der Waals surface area contributed by atoms with Crippen molar-refractivity contribution in [2.24, 2.45) is 32.5 Å². The van der Waals surface area contributed by atoms with Crippen LogP contribution in [0.1, 0.15) is 68.2 Å². The fraction of sp³-hybridized carbons (Fsp3) is 0.875. The second kappa shape index (κ2) is 8.99. The molecule has 0 spiro atoms. The van der Waals surface area contributed by atoms with Gasteiger partial charge in [-0.05, 0) is 37.5 Å². The normalized spacial score (nSPS) is 17.2. The Balaban J connectivity index is -0.00000220. The van der Waals surface area contributed by atoms with E-state index in [0.717, 1.165) is 0 Å². The maximum atomic E-state index is 7.86. The average Bonchev–Trinajstić information content (AvgIpc) is 2.21. The summed E-state index contributed by atoms with van der Waals surface area (Å²) in [6, 6.07) is 0. The Hall–Kier alpha value is -0.880. The summed E-state index contributed by atoms with van der Waals surface area (Å²) in [6.45, 7) is 16.0. The number of halogens is 2. The van der Waals surface area contributed by atoms with Gasteiger partial charge >= 0.3 is 0 Å². The number of hydrogen-bond donors (Lipinski definition) is 4. The molecule has 0 aromatic rings. The molecule has 6 N–H and O–H groups in total. The first-order valence-corrected chi connectivity index (χ1v) is 7.64. The predicted molar refractivity (Wildman–Crippen MR) is 108 cm³/mol. The Kier molecular flexibility index (Phi) is 10.5. The number of nitrogens with one attached hydrogen (secondary N) is 2. The molecule has 0 saturated heterocycles. The van der Waals surface area contributed by atoms with Crippen molar-refractivity contribution >= 4 is 36.5 Å². The minimum absolute atomic E-state index is 0. The van der Waals surface area contributed by atoms with Gasteiger partial charge in [0.25, 0.3) is 0 Å². The molecule has 0 aliphatic carbocycles. The van der Waals surface area contributed by atoms with Gasteiger partial charge in [-0.25, -0.2) is 0 Å². The van der Waals surface area contributed by atoms with E-state index in [0.29, 0.717) is 12.8 Å². The molecule has 0 rings (SSSR count). The molecule has 2 atom stereocenters. The van der Waals surface area contributed by atoms with Crippen LogP contribution in [0.3, 0.4) is 0 Å². The first kappa shape index (κ1) is 27.9. The molecule has 6 nitrogen and oxygen atoms in total. The molecule has 0 aliphatic heterocycles. The van der Waals surface area contributed by atoms with Crippen LogP contribution in [0, 0.1) is 21.6 Å². The molecule has 0 fully saturated rings. The first-order chi connectivity index (χ1) is 9.51. The van der Waals surface area contributed by atoms with E-state index < -0.39 is 11.1 Å². The Morgan fingerprint density at radius 3 is 1.00 bits per heavy atom. The zero-order valence-corrected chi connectivity index (χ0v) is 17.9. The van der Waals surface area contributed by atoms with Gasteiger partial charge in [0, 0.05) is 0 Å². The summed E-state index contributed by atoms with van der Waals surface area (Å²) in [4.78, 5) is 0. The van der Waals surface area contributed by atoms with Crippen molar-refractivity contribution in [3.8, 4) is 0 Å². The molecule has 24 heavy (non-hydrogen) atoms. The van der Waals surface area contributed by atoms with Gasteiger partial charge in [0.05, 0.1) is 0 Å². The lowest BCUT2D eigenvalue weighted by Gasteiger charge is -2.34. The number of rotatable bonds is 6. The lowest BCUT2D eigenvalue weighted by Crippen LogP contribution is -2.45. The van der Waals surface area contributed by atoms with Gasteiger partial charge in [0.1, 0.15) is 22.7 Å². The second-order valence-corrected chi connectivity index (χ2v) is 9.05. The van der Waals surface area contributed by atoms with Gasteiger partial charge < -0.3 is 11.5 Å². The Bertz CT molecular complexity index is 422.